The molecule has 1 N–H and O–H groups in total. The van der Waals surface area contributed by atoms with E-state index in [4.69, 9.17) is 11.6 Å². The summed E-state index contributed by atoms with van der Waals surface area (Å²) < 4.78 is 51.0. The topological polar surface area (TPSA) is 20.2 Å². The van der Waals surface area contributed by atoms with E-state index in [9.17, 15) is 22.7 Å². The van der Waals surface area contributed by atoms with Crippen LogP contribution < -0.4 is 0 Å². The Balaban J connectivity index is 2.40. The highest BCUT2D eigenvalue weighted by Crippen LogP contribution is 2.34. The van der Waals surface area contributed by atoms with Crippen LogP contribution in [0.2, 0.25) is 5.02 Å². The van der Waals surface area contributed by atoms with Crippen LogP contribution in [0.1, 0.15) is 28.4 Å². The third-order valence-electron chi connectivity index (χ3n) is 3.14. The zero-order chi connectivity index (χ0) is 15.8. The van der Waals surface area contributed by atoms with Crippen molar-refractivity contribution in [3.8, 4) is 0 Å². The number of hydrogen-bond donors (Lipinski definition) is 1. The van der Waals surface area contributed by atoms with Crippen molar-refractivity contribution in [2.24, 2.45) is 0 Å². The second-order valence-corrected chi connectivity index (χ2v) is 5.08. The van der Waals surface area contributed by atoms with Gasteiger partial charge in [-0.05, 0) is 47.9 Å². The predicted octanol–water partition coefficient (Wildman–Crippen LogP) is 4.89. The van der Waals surface area contributed by atoms with Gasteiger partial charge in [0.1, 0.15) is 11.9 Å². The van der Waals surface area contributed by atoms with Crippen LogP contribution in [0.15, 0.2) is 36.4 Å². The van der Waals surface area contributed by atoms with E-state index in [1.165, 1.54) is 0 Å². The van der Waals surface area contributed by atoms with E-state index in [1.807, 2.05) is 0 Å². The fourth-order valence-electron chi connectivity index (χ4n) is 2.06. The van der Waals surface area contributed by atoms with Crippen LogP contribution in [-0.4, -0.2) is 5.11 Å². The lowest BCUT2D eigenvalue weighted by Crippen LogP contribution is -2.10. The number of alkyl halides is 3. The average Bonchev–Trinajstić information content (AvgIpc) is 2.36. The summed E-state index contributed by atoms with van der Waals surface area (Å²) in [6.45, 7) is 1.70. The Hall–Kier alpha value is -1.59. The Labute approximate surface area is 123 Å². The molecular formula is C15H11ClF4O. The number of aliphatic hydroxyl groups is 1. The molecule has 1 nitrogen and oxygen atoms in total. The largest absolute Gasteiger partial charge is 0.419 e. The van der Waals surface area contributed by atoms with Gasteiger partial charge in [0, 0.05) is 5.02 Å². The Morgan fingerprint density at radius 3 is 2.29 bits per heavy atom. The number of aryl methyl sites for hydroxylation is 1. The third kappa shape index (κ3) is 3.36. The Kier molecular flexibility index (Phi) is 4.25. The smallest absolute Gasteiger partial charge is 0.384 e. The van der Waals surface area contributed by atoms with Crippen LogP contribution >= 0.6 is 11.6 Å². The number of halogens is 5. The minimum absolute atomic E-state index is 0.0472. The van der Waals surface area contributed by atoms with Crippen LogP contribution in [0, 0.1) is 12.7 Å². The van der Waals surface area contributed by atoms with Crippen LogP contribution in [0.25, 0.3) is 0 Å². The summed E-state index contributed by atoms with van der Waals surface area (Å²) in [7, 11) is 0. The number of hydrogen-bond acceptors (Lipinski definition) is 1. The van der Waals surface area contributed by atoms with Crippen LogP contribution in [0.4, 0.5) is 17.6 Å². The summed E-state index contributed by atoms with van der Waals surface area (Å²) in [6.07, 6.45) is -5.98. The molecule has 2 rings (SSSR count). The zero-order valence-corrected chi connectivity index (χ0v) is 11.6. The van der Waals surface area contributed by atoms with Crippen LogP contribution in [0.3, 0.4) is 0 Å². The lowest BCUT2D eigenvalue weighted by atomic mass is 9.96. The second kappa shape index (κ2) is 5.66. The maximum absolute atomic E-state index is 13.5. The first-order valence-corrected chi connectivity index (χ1v) is 6.38. The van der Waals surface area contributed by atoms with Crippen molar-refractivity contribution in [1.29, 1.82) is 0 Å². The fourth-order valence-corrected chi connectivity index (χ4v) is 2.28. The first-order chi connectivity index (χ1) is 9.70. The van der Waals surface area contributed by atoms with Gasteiger partial charge in [-0.15, -0.1) is 0 Å². The lowest BCUT2D eigenvalue weighted by Gasteiger charge is -2.16. The monoisotopic (exact) mass is 318 g/mol. The van der Waals surface area contributed by atoms with E-state index in [-0.39, 0.29) is 5.56 Å². The van der Waals surface area contributed by atoms with Gasteiger partial charge >= 0.3 is 6.18 Å². The van der Waals surface area contributed by atoms with Gasteiger partial charge in [0.2, 0.25) is 0 Å². The quantitative estimate of drug-likeness (QED) is 0.782. The highest BCUT2D eigenvalue weighted by Gasteiger charge is 2.34. The van der Waals surface area contributed by atoms with Gasteiger partial charge < -0.3 is 5.11 Å². The molecule has 0 saturated heterocycles. The molecule has 6 heteroatoms. The summed E-state index contributed by atoms with van der Waals surface area (Å²) in [6, 6.07) is 7.09. The molecule has 21 heavy (non-hydrogen) atoms. The van der Waals surface area contributed by atoms with Crippen molar-refractivity contribution in [2.75, 3.05) is 0 Å². The third-order valence-corrected chi connectivity index (χ3v) is 3.38. The van der Waals surface area contributed by atoms with E-state index >= 15 is 0 Å². The molecular weight excluding hydrogens is 308 g/mol. The van der Waals surface area contributed by atoms with Crippen molar-refractivity contribution >= 4 is 11.6 Å². The van der Waals surface area contributed by atoms with Gasteiger partial charge in [-0.3, -0.25) is 0 Å². The molecule has 1 unspecified atom stereocenters. The summed E-state index contributed by atoms with van der Waals surface area (Å²) in [4.78, 5) is 0. The van der Waals surface area contributed by atoms with Gasteiger partial charge in [-0.1, -0.05) is 23.7 Å². The number of aliphatic hydroxyl groups excluding tert-OH is 1. The van der Waals surface area contributed by atoms with Gasteiger partial charge in [-0.2, -0.15) is 13.2 Å². The molecule has 0 spiro atoms. The van der Waals surface area contributed by atoms with Gasteiger partial charge in [0.25, 0.3) is 0 Å². The van der Waals surface area contributed by atoms with Gasteiger partial charge in [-0.25, -0.2) is 4.39 Å². The summed E-state index contributed by atoms with van der Waals surface area (Å²) in [5.74, 6) is -1.41. The molecule has 2 aromatic carbocycles. The molecule has 0 aliphatic rings. The van der Waals surface area contributed by atoms with Crippen molar-refractivity contribution in [3.05, 3.63) is 69.5 Å². The van der Waals surface area contributed by atoms with Crippen LogP contribution in [0.5, 0.6) is 0 Å². The normalized spacial score (nSPS) is 13.3. The highest BCUT2D eigenvalue weighted by molar-refractivity contribution is 6.30. The zero-order valence-electron chi connectivity index (χ0n) is 10.9. The summed E-state index contributed by atoms with van der Waals surface area (Å²) in [5.41, 5.74) is -0.189. The Morgan fingerprint density at radius 2 is 1.76 bits per heavy atom. The molecule has 0 aliphatic heterocycles. The molecule has 0 radical (unpaired) electrons. The maximum atomic E-state index is 13.5. The lowest BCUT2D eigenvalue weighted by molar-refractivity contribution is -0.140. The standard InChI is InChI=1S/C15H11ClF4O/c1-8-6-10(16)3-4-11(8)14(21)9-2-5-12(13(17)7-9)15(18,19)20/h2-7,14,21H,1H3. The van der Waals surface area contributed by atoms with E-state index in [0.717, 1.165) is 6.07 Å². The molecule has 2 aromatic rings. The first kappa shape index (κ1) is 15.8. The Morgan fingerprint density at radius 1 is 1.10 bits per heavy atom. The first-order valence-electron chi connectivity index (χ1n) is 6.01. The highest BCUT2D eigenvalue weighted by atomic mass is 35.5. The van der Waals surface area contributed by atoms with Crippen molar-refractivity contribution < 1.29 is 22.7 Å². The minimum atomic E-state index is -4.76. The van der Waals surface area contributed by atoms with E-state index < -0.39 is 23.7 Å². The average molecular weight is 319 g/mol. The number of benzene rings is 2. The molecule has 112 valence electrons. The molecule has 0 amide bonds. The second-order valence-electron chi connectivity index (χ2n) is 4.64. The molecule has 0 saturated carbocycles. The summed E-state index contributed by atoms with van der Waals surface area (Å²) >= 11 is 5.80. The molecule has 0 aromatic heterocycles. The predicted molar refractivity (Wildman–Crippen MR) is 71.7 cm³/mol. The molecule has 0 heterocycles. The van der Waals surface area contributed by atoms with Gasteiger partial charge in [0.05, 0.1) is 5.56 Å². The van der Waals surface area contributed by atoms with E-state index in [2.05, 4.69) is 0 Å². The molecule has 0 bridgehead atoms. The van der Waals surface area contributed by atoms with E-state index in [1.54, 1.807) is 25.1 Å². The van der Waals surface area contributed by atoms with Crippen molar-refractivity contribution in [1.82, 2.24) is 0 Å². The van der Waals surface area contributed by atoms with Crippen molar-refractivity contribution in [3.63, 3.8) is 0 Å². The molecule has 1 atom stereocenters. The summed E-state index contributed by atoms with van der Waals surface area (Å²) in [5, 5.41) is 10.7. The van der Waals surface area contributed by atoms with E-state index in [0.29, 0.717) is 28.3 Å². The van der Waals surface area contributed by atoms with Crippen molar-refractivity contribution in [2.45, 2.75) is 19.2 Å². The molecule has 0 fully saturated rings. The fraction of sp³-hybridized carbons (Fsp3) is 0.200. The minimum Gasteiger partial charge on any atom is -0.384 e. The van der Waals surface area contributed by atoms with Crippen LogP contribution in [-0.2, 0) is 6.18 Å². The Bertz CT molecular complexity index is 667. The number of rotatable bonds is 2. The SMILES string of the molecule is Cc1cc(Cl)ccc1C(O)c1ccc(C(F)(F)F)c(F)c1. The van der Waals surface area contributed by atoms with Gasteiger partial charge in [0.15, 0.2) is 0 Å². The molecule has 0 aliphatic carbocycles. The maximum Gasteiger partial charge on any atom is 0.419 e.